The Hall–Kier alpha value is -0.0100. The van der Waals surface area contributed by atoms with Gasteiger partial charge in [-0.3, -0.25) is 0 Å². The van der Waals surface area contributed by atoms with Crippen molar-refractivity contribution in [1.29, 1.82) is 0 Å². The van der Waals surface area contributed by atoms with Gasteiger partial charge in [-0.25, -0.2) is 0 Å². The summed E-state index contributed by atoms with van der Waals surface area (Å²) in [4.78, 5) is 0. The van der Waals surface area contributed by atoms with Gasteiger partial charge in [-0.1, -0.05) is 11.6 Å². The number of aliphatic hydroxyl groups is 1. The van der Waals surface area contributed by atoms with Gasteiger partial charge in [-0.15, -0.1) is 0 Å². The highest BCUT2D eigenvalue weighted by Gasteiger charge is 1.85. The molecule has 0 bridgehead atoms. The molecule has 41 valence electrons. The van der Waals surface area contributed by atoms with Crippen LogP contribution in [0.15, 0.2) is 11.1 Å². The summed E-state index contributed by atoms with van der Waals surface area (Å²) in [7, 11) is 0. The Morgan fingerprint density at radius 3 is 2.43 bits per heavy atom. The molecule has 0 aromatic carbocycles. The van der Waals surface area contributed by atoms with E-state index in [4.69, 9.17) is 16.7 Å². The average molecular weight is 120 g/mol. The van der Waals surface area contributed by atoms with Crippen LogP contribution in [-0.2, 0) is 0 Å². The van der Waals surface area contributed by atoms with E-state index in [1.54, 1.807) is 0 Å². The minimum atomic E-state index is 0.0208. The second-order valence-electron chi connectivity index (χ2n) is 1.18. The first-order chi connectivity index (χ1) is 3.35. The van der Waals surface area contributed by atoms with Crippen LogP contribution in [0.2, 0.25) is 0 Å². The van der Waals surface area contributed by atoms with Gasteiger partial charge in [0, 0.05) is 5.54 Å². The first-order valence-corrected chi connectivity index (χ1v) is 2.47. The third-order valence-corrected chi connectivity index (χ3v) is 0.987. The summed E-state index contributed by atoms with van der Waals surface area (Å²) in [5, 5.41) is 8.33. The van der Waals surface area contributed by atoms with Crippen molar-refractivity contribution < 1.29 is 5.11 Å². The molecule has 0 saturated heterocycles. The molecule has 1 N–H and O–H groups in total. The number of hydrogen-bond donors (Lipinski definition) is 1. The van der Waals surface area contributed by atoms with Crippen LogP contribution in [0.5, 0.6) is 0 Å². The molecule has 0 aliphatic rings. The zero-order chi connectivity index (χ0) is 5.70. The zero-order valence-electron chi connectivity index (χ0n) is 4.02. The van der Waals surface area contributed by atoms with Gasteiger partial charge in [0.15, 0.2) is 0 Å². The fourth-order valence-corrected chi connectivity index (χ4v) is 0.346. The Morgan fingerprint density at radius 1 is 1.86 bits per heavy atom. The van der Waals surface area contributed by atoms with Gasteiger partial charge in [0.25, 0.3) is 0 Å². The van der Waals surface area contributed by atoms with Gasteiger partial charge in [0.1, 0.15) is 0 Å². The second kappa shape index (κ2) is 4.16. The molecule has 0 rings (SSSR count). The Balaban J connectivity index is 3.38. The van der Waals surface area contributed by atoms with E-state index in [0.29, 0.717) is 6.42 Å². The van der Waals surface area contributed by atoms with Crippen LogP contribution in [0.1, 0.15) is 6.42 Å². The number of aliphatic hydroxyl groups excluding tert-OH is 1. The summed E-state index contributed by atoms with van der Waals surface area (Å²) < 4.78 is 0. The second-order valence-corrected chi connectivity index (χ2v) is 1.39. The highest BCUT2D eigenvalue weighted by Crippen LogP contribution is 1.98. The smallest absolute Gasteiger partial charge is 0.0653 e. The molecule has 1 radical (unpaired) electrons. The van der Waals surface area contributed by atoms with Crippen molar-refractivity contribution in [3.05, 3.63) is 18.0 Å². The van der Waals surface area contributed by atoms with Crippen molar-refractivity contribution in [2.75, 3.05) is 6.61 Å². The quantitative estimate of drug-likeness (QED) is 0.582. The van der Waals surface area contributed by atoms with Crippen LogP contribution < -0.4 is 0 Å². The minimum absolute atomic E-state index is 0.0208. The van der Waals surface area contributed by atoms with E-state index in [-0.39, 0.29) is 6.61 Å². The fraction of sp³-hybridized carbons (Fsp3) is 0.400. The minimum Gasteiger partial charge on any atom is -0.392 e. The summed E-state index contributed by atoms with van der Waals surface area (Å²) in [5.41, 5.74) is 2.12. The summed E-state index contributed by atoms with van der Waals surface area (Å²) >= 11 is 5.21. The summed E-state index contributed by atoms with van der Waals surface area (Å²) in [6.45, 7) is 3.54. The lowest BCUT2D eigenvalue weighted by Gasteiger charge is -1.91. The van der Waals surface area contributed by atoms with Gasteiger partial charge in [0.05, 0.1) is 6.61 Å². The van der Waals surface area contributed by atoms with Crippen molar-refractivity contribution in [3.8, 4) is 0 Å². The van der Waals surface area contributed by atoms with Crippen molar-refractivity contribution >= 4 is 11.6 Å². The first-order valence-electron chi connectivity index (χ1n) is 2.03. The third-order valence-electron chi connectivity index (χ3n) is 0.679. The molecule has 0 aromatic rings. The summed E-state index contributed by atoms with van der Waals surface area (Å²) in [6, 6.07) is 0. The van der Waals surface area contributed by atoms with Crippen LogP contribution in [0.3, 0.4) is 0 Å². The molecule has 2 heteroatoms. The first kappa shape index (κ1) is 6.99. The molecule has 7 heavy (non-hydrogen) atoms. The van der Waals surface area contributed by atoms with Crippen molar-refractivity contribution in [2.24, 2.45) is 0 Å². The van der Waals surface area contributed by atoms with Crippen molar-refractivity contribution in [3.63, 3.8) is 0 Å². The lowest BCUT2D eigenvalue weighted by atomic mass is 10.3. The standard InChI is InChI=1S/C5H8ClO/c1-2-5(3-6)4-7/h3,7H,1-2,4H2. The fourth-order valence-electron chi connectivity index (χ4n) is 0.168. The molecule has 0 aliphatic carbocycles. The maximum absolute atomic E-state index is 8.33. The van der Waals surface area contributed by atoms with E-state index in [0.717, 1.165) is 5.57 Å². The maximum Gasteiger partial charge on any atom is 0.0653 e. The van der Waals surface area contributed by atoms with Gasteiger partial charge in [0.2, 0.25) is 0 Å². The summed E-state index contributed by atoms with van der Waals surface area (Å²) in [5.74, 6) is 0. The largest absolute Gasteiger partial charge is 0.392 e. The topological polar surface area (TPSA) is 20.2 Å². The van der Waals surface area contributed by atoms with E-state index in [2.05, 4.69) is 6.92 Å². The number of hydrogen-bond acceptors (Lipinski definition) is 1. The van der Waals surface area contributed by atoms with E-state index in [1.165, 1.54) is 5.54 Å². The van der Waals surface area contributed by atoms with E-state index in [1.807, 2.05) is 0 Å². The SMILES string of the molecule is [CH2]CC(=CCl)CO. The van der Waals surface area contributed by atoms with Crippen molar-refractivity contribution in [1.82, 2.24) is 0 Å². The Kier molecular flexibility index (Phi) is 4.15. The van der Waals surface area contributed by atoms with Gasteiger partial charge in [-0.2, -0.15) is 0 Å². The van der Waals surface area contributed by atoms with Crippen LogP contribution in [-0.4, -0.2) is 11.7 Å². The number of halogens is 1. The monoisotopic (exact) mass is 119 g/mol. The number of rotatable bonds is 2. The molecule has 0 unspecified atom stereocenters. The molecule has 0 aromatic heterocycles. The van der Waals surface area contributed by atoms with Crippen LogP contribution in [0, 0.1) is 6.92 Å². The molecule has 0 heterocycles. The lowest BCUT2D eigenvalue weighted by Crippen LogP contribution is -1.84. The molecule has 0 saturated carbocycles. The van der Waals surface area contributed by atoms with Crippen LogP contribution in [0.25, 0.3) is 0 Å². The predicted octanol–water partition coefficient (Wildman–Crippen LogP) is 1.33. The Morgan fingerprint density at radius 2 is 2.43 bits per heavy atom. The highest BCUT2D eigenvalue weighted by atomic mass is 35.5. The van der Waals surface area contributed by atoms with Gasteiger partial charge in [-0.05, 0) is 18.9 Å². The van der Waals surface area contributed by atoms with Crippen LogP contribution >= 0.6 is 11.6 Å². The van der Waals surface area contributed by atoms with E-state index >= 15 is 0 Å². The van der Waals surface area contributed by atoms with Crippen LogP contribution in [0.4, 0.5) is 0 Å². The maximum atomic E-state index is 8.33. The van der Waals surface area contributed by atoms with Crippen molar-refractivity contribution in [2.45, 2.75) is 6.42 Å². The van der Waals surface area contributed by atoms with Gasteiger partial charge >= 0.3 is 0 Å². The van der Waals surface area contributed by atoms with E-state index < -0.39 is 0 Å². The molecular formula is C5H8ClO. The molecule has 1 nitrogen and oxygen atoms in total. The molecule has 0 atom stereocenters. The molecular weight excluding hydrogens is 112 g/mol. The highest BCUT2D eigenvalue weighted by molar-refractivity contribution is 6.25. The van der Waals surface area contributed by atoms with E-state index in [9.17, 15) is 0 Å². The average Bonchev–Trinajstić information content (AvgIpc) is 1.72. The zero-order valence-corrected chi connectivity index (χ0v) is 4.78. The Bertz CT molecular complexity index is 62.5. The Labute approximate surface area is 48.6 Å². The molecule has 0 spiro atoms. The molecule has 0 amide bonds. The van der Waals surface area contributed by atoms with Gasteiger partial charge < -0.3 is 5.11 Å². The molecule has 0 aliphatic heterocycles. The predicted molar refractivity (Wildman–Crippen MR) is 31.0 cm³/mol. The molecule has 0 fully saturated rings. The normalized spacial score (nSPS) is 12.1. The third kappa shape index (κ3) is 2.66. The summed E-state index contributed by atoms with van der Waals surface area (Å²) in [6.07, 6.45) is 0.583. The lowest BCUT2D eigenvalue weighted by molar-refractivity contribution is 0.329.